The van der Waals surface area contributed by atoms with Gasteiger partial charge in [-0.25, -0.2) is 54.6 Å². The Hall–Kier alpha value is -19.0. The Morgan fingerprint density at radius 3 is 1.01 bits per heavy atom. The fraction of sp³-hybridized carbons (Fsp3) is 0.149. The van der Waals surface area contributed by atoms with Crippen LogP contribution in [0.1, 0.15) is 131 Å². The summed E-state index contributed by atoms with van der Waals surface area (Å²) in [5.74, 6) is 2.11. The van der Waals surface area contributed by atoms with E-state index >= 15 is 0 Å². The molecule has 0 radical (unpaired) electrons. The molecule has 0 fully saturated rings. The lowest BCUT2D eigenvalue weighted by atomic mass is 9.94. The van der Waals surface area contributed by atoms with Gasteiger partial charge >= 0.3 is 12.0 Å². The highest BCUT2D eigenvalue weighted by molar-refractivity contribution is 6.04. The summed E-state index contributed by atoms with van der Waals surface area (Å²) in [5.41, 5.74) is 19.9. The summed E-state index contributed by atoms with van der Waals surface area (Å²) in [5, 5.41) is 16.0. The van der Waals surface area contributed by atoms with Gasteiger partial charge in [-0.2, -0.15) is 0 Å². The van der Waals surface area contributed by atoms with Crippen molar-refractivity contribution in [2.45, 2.75) is 105 Å². The molecule has 0 unspecified atom stereocenters. The van der Waals surface area contributed by atoms with E-state index in [1.165, 1.54) is 13.2 Å². The van der Waals surface area contributed by atoms with E-state index in [2.05, 4.69) is 104 Å². The van der Waals surface area contributed by atoms with E-state index in [0.717, 1.165) is 156 Å². The fourth-order valence-corrected chi connectivity index (χ4v) is 19.7. The zero-order valence-corrected chi connectivity index (χ0v) is 83.3. The maximum atomic E-state index is 14.4. The standard InChI is InChI=1S/C32H27N5O2.C31H26N6O2.C31H26N6O.C27H21N3O3/c1-20(15-28-31-27(13-8-14-34-31)35-21(2)36-28)29-17-22-9-7-12-26(23-16-25(39-3)19-33-18-23)30(22)32(38)37(29)24-10-5-4-6-11-24;1-19(15-26-29-25(13-8-14-32-29)35-20(2)36-26)27-16-21-9-7-12-24(22-17-33-31(39-3)34-18-22)28(21)30(38)37(27)23-10-5-4-6-11-23;1-19(15-27-30-26(13-8-14-32-30)35-21(3)36-27)28-16-22-9-7-12-25(23-17-33-20(2)34-18-23)29(22)31(38)37(28)24-10-5-4-6-11-24;1-17(15-22-25-18(12-14-28-22)8-6-13-29-25)23-16-19-7-5-11-21(27(32)33)24(19)26(31)30(23)20-9-3-2-4-10-20/h4-14,16-20H,15H2,1-3H3;4-14,16-19H,15H2,1-3H3;4-14,16-19H,15H2,1-3H3;2-14,16-17H,15H2,1H3,(H,32,33)/t20-;2*19-;17-/m1111/s1. The molecule has 0 aliphatic heterocycles. The van der Waals surface area contributed by atoms with Gasteiger partial charge in [0.1, 0.15) is 45.6 Å². The number of methoxy groups -OCH3 is 2. The van der Waals surface area contributed by atoms with Crippen LogP contribution in [0, 0.1) is 27.7 Å². The van der Waals surface area contributed by atoms with Crippen LogP contribution >= 0.6 is 0 Å². The minimum absolute atomic E-state index is 0.00121. The van der Waals surface area contributed by atoms with Crippen molar-refractivity contribution in [1.82, 2.24) is 98.0 Å². The highest BCUT2D eigenvalue weighted by Crippen LogP contribution is 2.39. The first-order valence-electron chi connectivity index (χ1n) is 48.9. The van der Waals surface area contributed by atoms with Crippen molar-refractivity contribution in [2.24, 2.45) is 0 Å². The molecule has 732 valence electrons. The number of carboxylic acid groups (broad SMARTS) is 1. The number of carboxylic acids is 1. The number of pyridine rings is 10. The summed E-state index contributed by atoms with van der Waals surface area (Å²) in [6, 6.07) is 89.0. The van der Waals surface area contributed by atoms with Crippen LogP contribution < -0.4 is 31.7 Å². The van der Waals surface area contributed by atoms with Crippen molar-refractivity contribution < 1.29 is 19.4 Å². The summed E-state index contributed by atoms with van der Waals surface area (Å²) in [6.45, 7) is 15.9. The average Bonchev–Trinajstić information content (AvgIpc) is 0.757. The molecule has 23 aromatic rings. The van der Waals surface area contributed by atoms with Crippen LogP contribution in [0.25, 0.3) is 143 Å². The molecule has 1 N–H and O–H groups in total. The Morgan fingerprint density at radius 1 is 0.295 bits per heavy atom. The predicted octanol–water partition coefficient (Wildman–Crippen LogP) is 22.2. The van der Waals surface area contributed by atoms with Crippen molar-refractivity contribution >= 4 is 93.1 Å². The van der Waals surface area contributed by atoms with Crippen LogP contribution in [-0.4, -0.2) is 123 Å². The third-order valence-corrected chi connectivity index (χ3v) is 26.6. The van der Waals surface area contributed by atoms with E-state index < -0.39 is 5.97 Å². The quantitative estimate of drug-likeness (QED) is 0.0658. The Bertz CT molecular complexity index is 9280. The number of carbonyl (C=O) groups is 1. The zero-order valence-electron chi connectivity index (χ0n) is 83.3. The first-order chi connectivity index (χ1) is 72.6. The number of aromatic carboxylic acids is 1. The minimum Gasteiger partial charge on any atom is -0.495 e. The second kappa shape index (κ2) is 42.9. The number of nitrogens with zero attached hydrogens (tertiary/aromatic N) is 20. The Kier molecular flexibility index (Phi) is 28.1. The lowest BCUT2D eigenvalue weighted by molar-refractivity contribution is 0.0698. The van der Waals surface area contributed by atoms with Gasteiger partial charge in [-0.3, -0.25) is 67.4 Å². The van der Waals surface area contributed by atoms with Crippen LogP contribution in [0.3, 0.4) is 0 Å². The van der Waals surface area contributed by atoms with Gasteiger partial charge < -0.3 is 14.6 Å². The van der Waals surface area contributed by atoms with E-state index in [-0.39, 0.29) is 62.9 Å². The third-order valence-electron chi connectivity index (χ3n) is 26.6. The molecular formula is C121H100N20O8. The topological polar surface area (TPSA) is 350 Å². The third kappa shape index (κ3) is 20.2. The van der Waals surface area contributed by atoms with Gasteiger partial charge in [0.25, 0.3) is 22.2 Å². The molecule has 0 saturated carbocycles. The van der Waals surface area contributed by atoms with E-state index in [0.29, 0.717) is 82.0 Å². The first-order valence-corrected chi connectivity index (χ1v) is 48.9. The normalized spacial score (nSPS) is 12.1. The second-order valence-electron chi connectivity index (χ2n) is 36.7. The summed E-state index contributed by atoms with van der Waals surface area (Å²) in [7, 11) is 3.13. The minimum atomic E-state index is -1.12. The van der Waals surface area contributed by atoms with Gasteiger partial charge in [-0.05, 0) is 206 Å². The number of aryl methyl sites for hydroxylation is 4. The monoisotopic (exact) mass is 1960 g/mol. The molecular weight excluding hydrogens is 1860 g/mol. The Balaban J connectivity index is 0.000000121. The molecule has 4 atom stereocenters. The summed E-state index contributed by atoms with van der Waals surface area (Å²) in [6.07, 6.45) is 21.5. The maximum absolute atomic E-state index is 14.4. The van der Waals surface area contributed by atoms with E-state index in [1.54, 1.807) is 92.0 Å². The van der Waals surface area contributed by atoms with Crippen LogP contribution in [0.5, 0.6) is 11.8 Å². The number of aromatic nitrogens is 20. The number of ether oxygens (including phenoxy) is 2. The van der Waals surface area contributed by atoms with Gasteiger partial charge in [0.05, 0.1) is 92.4 Å². The number of para-hydroxylation sites is 4. The molecule has 23 rings (SSSR count). The molecule has 8 aromatic carbocycles. The number of rotatable bonds is 22. The zero-order chi connectivity index (χ0) is 103. The molecule has 15 aromatic heterocycles. The van der Waals surface area contributed by atoms with Crippen molar-refractivity contribution in [3.8, 4) is 67.9 Å². The number of benzene rings is 8. The maximum Gasteiger partial charge on any atom is 0.336 e. The van der Waals surface area contributed by atoms with Crippen molar-refractivity contribution in [3.63, 3.8) is 0 Å². The first kappa shape index (κ1) is 97.5. The molecule has 28 heteroatoms. The average molecular weight is 1960 g/mol. The van der Waals surface area contributed by atoms with Crippen LogP contribution in [-0.2, 0) is 25.7 Å². The molecule has 0 aliphatic carbocycles. The van der Waals surface area contributed by atoms with E-state index in [1.807, 2.05) is 291 Å². The lowest BCUT2D eigenvalue weighted by Gasteiger charge is -2.21. The highest BCUT2D eigenvalue weighted by atomic mass is 16.5. The van der Waals surface area contributed by atoms with Gasteiger partial charge in [0.2, 0.25) is 0 Å². The highest BCUT2D eigenvalue weighted by Gasteiger charge is 2.29. The Morgan fingerprint density at radius 2 is 0.631 bits per heavy atom. The van der Waals surface area contributed by atoms with E-state index in [9.17, 15) is 29.1 Å². The number of hydrogen-bond donors (Lipinski definition) is 1. The van der Waals surface area contributed by atoms with Crippen LogP contribution in [0.2, 0.25) is 0 Å². The molecule has 15 heterocycles. The SMILES string of the molecule is COc1cncc(-c2cccc3cc([C@H](C)Cc4nc(C)nc5cccnc45)n(-c4ccccc4)c(=O)c23)c1.COc1ncc(-c2cccc3cc([C@H](C)Cc4nc(C)nc5cccnc45)n(-c4ccccc4)c(=O)c23)cn1.C[C@H](Cc1nccc2cccnc12)c1cc2cccc(C(=O)O)c2c(=O)n1-c1ccccc1.Cc1ncc(-c2cccc3cc([C@H](C)Cc4nc(C)nc5cccnc45)n(-c4ccccc4)c(=O)c23)cn1. The van der Waals surface area contributed by atoms with E-state index in [4.69, 9.17) is 24.4 Å². The largest absolute Gasteiger partial charge is 0.495 e. The summed E-state index contributed by atoms with van der Waals surface area (Å²) < 4.78 is 17.6. The molecule has 0 spiro atoms. The molecule has 0 saturated heterocycles. The van der Waals surface area contributed by atoms with Crippen LogP contribution in [0.15, 0.2) is 366 Å². The fourth-order valence-electron chi connectivity index (χ4n) is 19.7. The number of hydrogen-bond acceptors (Lipinski definition) is 23. The second-order valence-corrected chi connectivity index (χ2v) is 36.7. The Labute approximate surface area is 855 Å². The van der Waals surface area contributed by atoms with Crippen molar-refractivity contribution in [3.05, 3.63) is 463 Å². The molecule has 0 aliphatic rings. The summed E-state index contributed by atoms with van der Waals surface area (Å²) in [4.78, 5) is 141. The molecule has 0 bridgehead atoms. The van der Waals surface area contributed by atoms with Crippen molar-refractivity contribution in [2.75, 3.05) is 14.2 Å². The lowest BCUT2D eigenvalue weighted by Crippen LogP contribution is -2.25. The smallest absolute Gasteiger partial charge is 0.336 e. The molecule has 28 nitrogen and oxygen atoms in total. The van der Waals surface area contributed by atoms with Gasteiger partial charge in [-0.15, -0.1) is 0 Å². The number of fused-ring (bicyclic) bond motifs is 8. The van der Waals surface area contributed by atoms with Gasteiger partial charge in [0.15, 0.2) is 0 Å². The van der Waals surface area contributed by atoms with Crippen molar-refractivity contribution in [1.29, 1.82) is 0 Å². The van der Waals surface area contributed by atoms with Gasteiger partial charge in [-0.1, -0.05) is 173 Å². The molecule has 149 heavy (non-hydrogen) atoms. The molecule has 0 amide bonds. The van der Waals surface area contributed by atoms with Crippen LogP contribution in [0.4, 0.5) is 0 Å². The summed E-state index contributed by atoms with van der Waals surface area (Å²) >= 11 is 0. The van der Waals surface area contributed by atoms with Gasteiger partial charge in [0, 0.05) is 173 Å². The predicted molar refractivity (Wildman–Crippen MR) is 582 cm³/mol.